The first kappa shape index (κ1) is 15.0. The monoisotopic (exact) mass is 301 g/mol. The molecule has 0 aliphatic rings. The van der Waals surface area contributed by atoms with Crippen molar-refractivity contribution >= 4 is 11.6 Å². The maximum absolute atomic E-state index is 11.0. The van der Waals surface area contributed by atoms with Gasteiger partial charge in [0, 0.05) is 0 Å². The molecule has 2 aromatic rings. The molecule has 4 nitrogen and oxygen atoms in total. The number of alkyl halides is 1. The molecule has 2 rings (SSSR count). The lowest BCUT2D eigenvalue weighted by Gasteiger charge is -2.31. The normalized spacial score (nSPS) is 15.8. The minimum absolute atomic E-state index is 0.395. The van der Waals surface area contributed by atoms with E-state index in [-0.39, 0.29) is 0 Å². The fourth-order valence-corrected chi connectivity index (χ4v) is 2.52. The lowest BCUT2D eigenvalue weighted by atomic mass is 9.85. The summed E-state index contributed by atoms with van der Waals surface area (Å²) in [6.07, 6.45) is 0.769. The predicted octanol–water partition coefficient (Wildman–Crippen LogP) is 4.11. The van der Waals surface area contributed by atoms with E-state index in [1.54, 1.807) is 54.6 Å². The summed E-state index contributed by atoms with van der Waals surface area (Å²) in [7, 11) is 0. The summed E-state index contributed by atoms with van der Waals surface area (Å²) in [4.78, 5) is 2.77. The molecule has 2 atom stereocenters. The van der Waals surface area contributed by atoms with Gasteiger partial charge in [-0.25, -0.2) is 0 Å². The Labute approximate surface area is 127 Å². The van der Waals surface area contributed by atoms with Gasteiger partial charge in [-0.2, -0.15) is 0 Å². The molecule has 5 heteroatoms. The van der Waals surface area contributed by atoms with Crippen LogP contribution in [0.3, 0.4) is 0 Å². The summed E-state index contributed by atoms with van der Waals surface area (Å²) in [5, 5.41) is 28.8. The molecule has 0 spiro atoms. The molecule has 106 valence electrons. The fraction of sp³-hybridized carbons (Fsp3) is 0.125. The van der Waals surface area contributed by atoms with Crippen molar-refractivity contribution < 1.29 is 10.2 Å². The molecule has 2 unspecified atom stereocenters. The third kappa shape index (κ3) is 2.89. The number of aliphatic hydroxyl groups excluding tert-OH is 1. The summed E-state index contributed by atoms with van der Waals surface area (Å²) in [6, 6.07) is 17.4. The minimum atomic E-state index is -1.91. The Morgan fingerprint density at radius 2 is 1.62 bits per heavy atom. The first-order valence-electron chi connectivity index (χ1n) is 6.31. The van der Waals surface area contributed by atoms with Crippen LogP contribution in [-0.2, 0) is 5.60 Å². The van der Waals surface area contributed by atoms with Crippen molar-refractivity contribution in [3.05, 3.63) is 88.7 Å². The Morgan fingerprint density at radius 3 is 2.14 bits per heavy atom. The minimum Gasteiger partial charge on any atom is -0.503 e. The number of benzene rings is 2. The summed E-state index contributed by atoms with van der Waals surface area (Å²) in [6.45, 7) is 0. The van der Waals surface area contributed by atoms with E-state index in [0.717, 1.165) is 6.20 Å². The molecule has 0 radical (unpaired) electrons. The van der Waals surface area contributed by atoms with E-state index in [9.17, 15) is 10.2 Å². The van der Waals surface area contributed by atoms with E-state index in [1.165, 1.54) is 0 Å². The van der Waals surface area contributed by atoms with E-state index >= 15 is 0 Å². The smallest absolute Gasteiger partial charge is 0.390 e. The topological polar surface area (TPSA) is 68.6 Å². The van der Waals surface area contributed by atoms with Gasteiger partial charge in [-0.05, 0) is 11.1 Å². The number of diazo groups is 1. The molecule has 0 aliphatic heterocycles. The Bertz CT molecular complexity index is 668. The Kier molecular flexibility index (Phi) is 4.59. The zero-order valence-corrected chi connectivity index (χ0v) is 11.9. The second kappa shape index (κ2) is 6.40. The van der Waals surface area contributed by atoms with Gasteiger partial charge in [-0.15, -0.1) is 11.6 Å². The van der Waals surface area contributed by atoms with E-state index in [2.05, 4.69) is 4.98 Å². The van der Waals surface area contributed by atoms with E-state index in [1.807, 2.05) is 6.07 Å². The number of hydrogen-bond acceptors (Lipinski definition) is 3. The van der Waals surface area contributed by atoms with Crippen LogP contribution in [0.15, 0.2) is 72.6 Å². The first-order valence-corrected chi connectivity index (χ1v) is 6.75. The zero-order valence-electron chi connectivity index (χ0n) is 11.1. The van der Waals surface area contributed by atoms with Crippen LogP contribution in [0.25, 0.3) is 4.98 Å². The van der Waals surface area contributed by atoms with Gasteiger partial charge in [-0.3, -0.25) is 0 Å². The molecule has 2 N–H and O–H groups in total. The fourth-order valence-electron chi connectivity index (χ4n) is 2.13. The molecule has 0 heterocycles. The van der Waals surface area contributed by atoms with Gasteiger partial charge in [-0.1, -0.05) is 60.7 Å². The zero-order chi connectivity index (χ0) is 15.3. The molecule has 21 heavy (non-hydrogen) atoms. The van der Waals surface area contributed by atoms with Crippen LogP contribution in [-0.4, -0.2) is 10.2 Å². The summed E-state index contributed by atoms with van der Waals surface area (Å²) < 4.78 is 0. The van der Waals surface area contributed by atoms with Crippen molar-refractivity contribution in [1.29, 1.82) is 5.39 Å². The van der Waals surface area contributed by atoms with Crippen LogP contribution in [0.4, 0.5) is 0 Å². The standard InChI is InChI=1S/C16H13ClN2O2/c17-15(12-7-3-1-4-8-12)16(21,14(20)11-19-18)13-9-5-2-6-10-13/h1-11,15,21H/p+1. The van der Waals surface area contributed by atoms with Crippen molar-refractivity contribution in [1.82, 2.24) is 0 Å². The van der Waals surface area contributed by atoms with Crippen LogP contribution in [0.2, 0.25) is 0 Å². The molecule has 0 bridgehead atoms. The van der Waals surface area contributed by atoms with Gasteiger partial charge in [0.1, 0.15) is 0 Å². The van der Waals surface area contributed by atoms with Crippen LogP contribution in [0.5, 0.6) is 0 Å². The lowest BCUT2D eigenvalue weighted by molar-refractivity contribution is 0.0271. The highest BCUT2D eigenvalue weighted by atomic mass is 35.5. The van der Waals surface area contributed by atoms with Crippen molar-refractivity contribution in [2.24, 2.45) is 0 Å². The molecular weight excluding hydrogens is 288 g/mol. The van der Waals surface area contributed by atoms with Gasteiger partial charge < -0.3 is 10.2 Å². The molecule has 0 aliphatic carbocycles. The number of rotatable bonds is 4. The van der Waals surface area contributed by atoms with Crippen molar-refractivity contribution in [2.75, 3.05) is 0 Å². The summed E-state index contributed by atoms with van der Waals surface area (Å²) in [5.74, 6) is -0.542. The second-order valence-electron chi connectivity index (χ2n) is 4.54. The number of hydrogen-bond donors (Lipinski definition) is 2. The molecule has 2 aromatic carbocycles. The summed E-state index contributed by atoms with van der Waals surface area (Å²) in [5.41, 5.74) is -0.884. The maximum Gasteiger partial charge on any atom is 0.390 e. The van der Waals surface area contributed by atoms with E-state index in [4.69, 9.17) is 17.0 Å². The Hall–Kier alpha value is -2.35. The van der Waals surface area contributed by atoms with Gasteiger partial charge in [0.2, 0.25) is 11.2 Å². The van der Waals surface area contributed by atoms with Crippen LogP contribution in [0.1, 0.15) is 16.5 Å². The third-order valence-electron chi connectivity index (χ3n) is 3.24. The molecular formula is C16H14ClN2O2+. The van der Waals surface area contributed by atoms with Crippen molar-refractivity contribution in [3.63, 3.8) is 0 Å². The number of aliphatic hydroxyl groups is 2. The van der Waals surface area contributed by atoms with E-state index < -0.39 is 16.7 Å². The molecule has 0 amide bonds. The van der Waals surface area contributed by atoms with Gasteiger partial charge in [0.15, 0.2) is 10.6 Å². The first-order chi connectivity index (χ1) is 10.1. The van der Waals surface area contributed by atoms with Gasteiger partial charge in [0.05, 0.1) is 5.38 Å². The Morgan fingerprint density at radius 1 is 1.10 bits per heavy atom. The van der Waals surface area contributed by atoms with Crippen molar-refractivity contribution in [2.45, 2.75) is 11.0 Å². The van der Waals surface area contributed by atoms with Crippen LogP contribution in [0, 0.1) is 5.39 Å². The number of nitrogens with zero attached hydrogens (tertiary/aromatic N) is 2. The highest BCUT2D eigenvalue weighted by molar-refractivity contribution is 6.21. The maximum atomic E-state index is 11.0. The van der Waals surface area contributed by atoms with E-state index in [0.29, 0.717) is 11.1 Å². The van der Waals surface area contributed by atoms with Crippen LogP contribution >= 0.6 is 11.6 Å². The van der Waals surface area contributed by atoms with Gasteiger partial charge in [0.25, 0.3) is 0 Å². The highest BCUT2D eigenvalue weighted by Crippen LogP contribution is 2.44. The third-order valence-corrected chi connectivity index (χ3v) is 3.81. The SMILES string of the molecule is N#[N+]C=C(O)C(O)(c1ccccc1)C(Cl)c1ccccc1. The van der Waals surface area contributed by atoms with Gasteiger partial charge >= 0.3 is 6.20 Å². The van der Waals surface area contributed by atoms with Crippen molar-refractivity contribution in [3.8, 4) is 0 Å². The number of halogens is 1. The van der Waals surface area contributed by atoms with Crippen LogP contribution < -0.4 is 0 Å². The molecule has 0 fully saturated rings. The molecule has 0 saturated carbocycles. The molecule has 0 aromatic heterocycles. The average molecular weight is 302 g/mol. The largest absolute Gasteiger partial charge is 0.503 e. The predicted molar refractivity (Wildman–Crippen MR) is 81.2 cm³/mol. The molecule has 0 saturated heterocycles. The summed E-state index contributed by atoms with van der Waals surface area (Å²) >= 11 is 6.40. The lowest BCUT2D eigenvalue weighted by Crippen LogP contribution is -2.33. The Balaban J connectivity index is 2.57. The average Bonchev–Trinajstić information content (AvgIpc) is 2.55. The highest BCUT2D eigenvalue weighted by Gasteiger charge is 2.44. The quantitative estimate of drug-likeness (QED) is 0.507. The second-order valence-corrected chi connectivity index (χ2v) is 4.97.